The van der Waals surface area contributed by atoms with E-state index in [9.17, 15) is 18.0 Å². The summed E-state index contributed by atoms with van der Waals surface area (Å²) in [6.07, 6.45) is -4.15. The van der Waals surface area contributed by atoms with Gasteiger partial charge >= 0.3 is 6.18 Å². The van der Waals surface area contributed by atoms with Crippen molar-refractivity contribution in [3.63, 3.8) is 0 Å². The number of rotatable bonds is 1. The monoisotopic (exact) mass is 383 g/mol. The van der Waals surface area contributed by atoms with Gasteiger partial charge in [0.15, 0.2) is 0 Å². The van der Waals surface area contributed by atoms with E-state index in [-0.39, 0.29) is 31.8 Å². The number of carbonyl (C=O) groups excluding carboxylic acids is 1. The lowest BCUT2D eigenvalue weighted by molar-refractivity contribution is -0.183. The van der Waals surface area contributed by atoms with Crippen molar-refractivity contribution >= 4 is 28.5 Å². The molecule has 0 saturated carbocycles. The molecule has 1 amide bonds. The molecule has 0 atom stereocenters. The van der Waals surface area contributed by atoms with Crippen LogP contribution in [0.3, 0.4) is 0 Å². The number of piperidine rings is 1. The molecule has 0 aliphatic carbocycles. The summed E-state index contributed by atoms with van der Waals surface area (Å²) in [4.78, 5) is 13.7. The first kappa shape index (κ1) is 14.6. The maximum atomic E-state index is 12.6. The number of nitrogens with zero attached hydrogens (tertiary/aromatic N) is 1. The zero-order valence-electron chi connectivity index (χ0n) is 10.1. The molecule has 0 N–H and O–H groups in total. The number of hydrogen-bond acceptors (Lipinski definition) is 1. The average Bonchev–Trinajstić information content (AvgIpc) is 2.38. The van der Waals surface area contributed by atoms with E-state index in [1.165, 1.54) is 4.90 Å². The number of halogens is 4. The molecule has 104 valence electrons. The van der Waals surface area contributed by atoms with Gasteiger partial charge in [-0.15, -0.1) is 0 Å². The van der Waals surface area contributed by atoms with Crippen molar-refractivity contribution in [3.05, 3.63) is 33.4 Å². The number of alkyl halides is 3. The fourth-order valence-corrected chi connectivity index (χ4v) is 2.83. The molecule has 2 nitrogen and oxygen atoms in total. The van der Waals surface area contributed by atoms with E-state index in [4.69, 9.17) is 0 Å². The molecule has 1 aromatic carbocycles. The van der Waals surface area contributed by atoms with E-state index in [0.29, 0.717) is 5.56 Å². The molecule has 0 aromatic heterocycles. The Hall–Kier alpha value is -0.790. The molecular formula is C13H13F3INO. The van der Waals surface area contributed by atoms with Crippen LogP contribution < -0.4 is 0 Å². The Kier molecular flexibility index (Phi) is 4.37. The van der Waals surface area contributed by atoms with Gasteiger partial charge in [-0.1, -0.05) is 12.1 Å². The van der Waals surface area contributed by atoms with Gasteiger partial charge in [-0.25, -0.2) is 0 Å². The average molecular weight is 383 g/mol. The van der Waals surface area contributed by atoms with E-state index in [1.54, 1.807) is 12.1 Å². The number of benzene rings is 1. The maximum absolute atomic E-state index is 12.6. The largest absolute Gasteiger partial charge is 0.391 e. The van der Waals surface area contributed by atoms with Crippen LogP contribution in [0.2, 0.25) is 0 Å². The van der Waals surface area contributed by atoms with Gasteiger partial charge in [-0.05, 0) is 47.6 Å². The predicted molar refractivity (Wildman–Crippen MR) is 73.8 cm³/mol. The smallest absolute Gasteiger partial charge is 0.339 e. The first-order valence-electron chi connectivity index (χ1n) is 6.00. The van der Waals surface area contributed by atoms with Crippen LogP contribution >= 0.6 is 22.6 Å². The standard InChI is InChI=1S/C13H13F3INO/c14-13(15,16)9-5-7-18(8-6-9)12(19)10-3-1-2-4-11(10)17/h1-4,9H,5-8H2. The van der Waals surface area contributed by atoms with Gasteiger partial charge in [0.2, 0.25) is 0 Å². The van der Waals surface area contributed by atoms with Crippen LogP contribution in [0.5, 0.6) is 0 Å². The van der Waals surface area contributed by atoms with Crippen molar-refractivity contribution in [2.75, 3.05) is 13.1 Å². The molecule has 2 rings (SSSR count). The minimum absolute atomic E-state index is 0.00134. The summed E-state index contributed by atoms with van der Waals surface area (Å²) in [7, 11) is 0. The van der Waals surface area contributed by atoms with Crippen molar-refractivity contribution in [2.45, 2.75) is 19.0 Å². The molecule has 1 aliphatic heterocycles. The Labute approximate surface area is 123 Å². The Bertz CT molecular complexity index is 467. The molecule has 1 fully saturated rings. The Morgan fingerprint density at radius 3 is 2.32 bits per heavy atom. The fraction of sp³-hybridized carbons (Fsp3) is 0.462. The SMILES string of the molecule is O=C(c1ccccc1I)N1CCC(C(F)(F)F)CC1. The van der Waals surface area contributed by atoms with Gasteiger partial charge in [0.1, 0.15) is 0 Å². The highest BCUT2D eigenvalue weighted by molar-refractivity contribution is 14.1. The second kappa shape index (κ2) is 5.68. The van der Waals surface area contributed by atoms with Crippen molar-refractivity contribution < 1.29 is 18.0 Å². The maximum Gasteiger partial charge on any atom is 0.391 e. The minimum Gasteiger partial charge on any atom is -0.339 e. The lowest BCUT2D eigenvalue weighted by Crippen LogP contribution is -2.42. The van der Waals surface area contributed by atoms with E-state index in [2.05, 4.69) is 22.6 Å². The normalized spacial score (nSPS) is 17.6. The quantitative estimate of drug-likeness (QED) is 0.678. The highest BCUT2D eigenvalue weighted by Gasteiger charge is 2.41. The van der Waals surface area contributed by atoms with Gasteiger partial charge in [0.25, 0.3) is 5.91 Å². The summed E-state index contributed by atoms with van der Waals surface area (Å²) in [5.41, 5.74) is 0.563. The summed E-state index contributed by atoms with van der Waals surface area (Å²) in [5, 5.41) is 0. The molecule has 0 bridgehead atoms. The van der Waals surface area contributed by atoms with Crippen molar-refractivity contribution in [2.24, 2.45) is 5.92 Å². The first-order valence-corrected chi connectivity index (χ1v) is 7.08. The highest BCUT2D eigenvalue weighted by Crippen LogP contribution is 2.34. The van der Waals surface area contributed by atoms with Crippen molar-refractivity contribution in [1.82, 2.24) is 4.90 Å². The highest BCUT2D eigenvalue weighted by atomic mass is 127. The molecule has 1 saturated heterocycles. The zero-order chi connectivity index (χ0) is 14.0. The summed E-state index contributed by atoms with van der Waals surface area (Å²) >= 11 is 2.06. The number of likely N-dealkylation sites (tertiary alicyclic amines) is 1. The van der Waals surface area contributed by atoms with Crippen molar-refractivity contribution in [3.8, 4) is 0 Å². The predicted octanol–water partition coefficient (Wildman–Crippen LogP) is 3.71. The molecular weight excluding hydrogens is 370 g/mol. The Balaban J connectivity index is 2.03. The topological polar surface area (TPSA) is 20.3 Å². The van der Waals surface area contributed by atoms with Crippen LogP contribution in [0.15, 0.2) is 24.3 Å². The molecule has 6 heteroatoms. The Morgan fingerprint density at radius 1 is 1.21 bits per heavy atom. The number of amides is 1. The first-order chi connectivity index (χ1) is 8.89. The molecule has 0 spiro atoms. The summed E-state index contributed by atoms with van der Waals surface area (Å²) in [6.45, 7) is 0.349. The van der Waals surface area contributed by atoms with Crippen LogP contribution in [0.25, 0.3) is 0 Å². The van der Waals surface area contributed by atoms with Gasteiger partial charge in [-0.3, -0.25) is 4.79 Å². The molecule has 1 aliphatic rings. The van der Waals surface area contributed by atoms with Gasteiger partial charge < -0.3 is 4.90 Å². The summed E-state index contributed by atoms with van der Waals surface area (Å²) in [5.74, 6) is -1.45. The number of carbonyl (C=O) groups is 1. The van der Waals surface area contributed by atoms with Gasteiger partial charge in [0.05, 0.1) is 11.5 Å². The lowest BCUT2D eigenvalue weighted by Gasteiger charge is -2.33. The summed E-state index contributed by atoms with van der Waals surface area (Å²) in [6, 6.07) is 7.11. The molecule has 1 heterocycles. The fourth-order valence-electron chi connectivity index (χ4n) is 2.21. The third kappa shape index (κ3) is 3.40. The second-order valence-electron chi connectivity index (χ2n) is 4.59. The van der Waals surface area contributed by atoms with Crippen LogP contribution in [-0.4, -0.2) is 30.1 Å². The van der Waals surface area contributed by atoms with Gasteiger partial charge in [0, 0.05) is 16.7 Å². The van der Waals surface area contributed by atoms with E-state index in [1.807, 2.05) is 12.1 Å². The van der Waals surface area contributed by atoms with Crippen LogP contribution in [0, 0.1) is 9.49 Å². The van der Waals surface area contributed by atoms with Crippen molar-refractivity contribution in [1.29, 1.82) is 0 Å². The lowest BCUT2D eigenvalue weighted by atomic mass is 9.96. The number of hydrogen-bond donors (Lipinski definition) is 0. The van der Waals surface area contributed by atoms with Gasteiger partial charge in [-0.2, -0.15) is 13.2 Å². The second-order valence-corrected chi connectivity index (χ2v) is 5.75. The molecule has 0 unspecified atom stereocenters. The molecule has 0 radical (unpaired) electrons. The Morgan fingerprint density at radius 2 is 1.79 bits per heavy atom. The third-order valence-electron chi connectivity index (χ3n) is 3.35. The van der Waals surface area contributed by atoms with Crippen LogP contribution in [0.4, 0.5) is 13.2 Å². The van der Waals surface area contributed by atoms with E-state index >= 15 is 0 Å². The van der Waals surface area contributed by atoms with Crippen LogP contribution in [0.1, 0.15) is 23.2 Å². The van der Waals surface area contributed by atoms with Crippen LogP contribution in [-0.2, 0) is 0 Å². The zero-order valence-corrected chi connectivity index (χ0v) is 12.2. The van der Waals surface area contributed by atoms with E-state index in [0.717, 1.165) is 3.57 Å². The molecule has 19 heavy (non-hydrogen) atoms. The minimum atomic E-state index is -4.14. The van der Waals surface area contributed by atoms with E-state index < -0.39 is 12.1 Å². The third-order valence-corrected chi connectivity index (χ3v) is 4.29. The molecule has 1 aromatic rings. The summed E-state index contributed by atoms with van der Waals surface area (Å²) < 4.78 is 38.5.